The summed E-state index contributed by atoms with van der Waals surface area (Å²) < 4.78 is 26.4. The van der Waals surface area contributed by atoms with Crippen LogP contribution in [0.1, 0.15) is 0 Å². The van der Waals surface area contributed by atoms with Gasteiger partial charge in [0.1, 0.15) is 4.90 Å². The maximum absolute atomic E-state index is 11.7. The Morgan fingerprint density at radius 2 is 2.12 bits per heavy atom. The van der Waals surface area contributed by atoms with E-state index in [1.807, 2.05) is 0 Å². The van der Waals surface area contributed by atoms with Crippen molar-refractivity contribution < 1.29 is 8.42 Å². The molecule has 1 aromatic carbocycles. The first-order valence-electron chi connectivity index (χ1n) is 4.63. The van der Waals surface area contributed by atoms with Gasteiger partial charge in [0.15, 0.2) is 0 Å². The van der Waals surface area contributed by atoms with Crippen LogP contribution in [0.15, 0.2) is 33.8 Å². The summed E-state index contributed by atoms with van der Waals surface area (Å²) in [5.41, 5.74) is 0.638. The van der Waals surface area contributed by atoms with Crippen molar-refractivity contribution in [3.63, 3.8) is 0 Å². The molecule has 0 aliphatic carbocycles. The van der Waals surface area contributed by atoms with Gasteiger partial charge in [-0.2, -0.15) is 0 Å². The van der Waals surface area contributed by atoms with E-state index in [9.17, 15) is 8.42 Å². The number of halogens is 2. The Labute approximate surface area is 112 Å². The zero-order chi connectivity index (χ0) is 12.6. The highest BCUT2D eigenvalue weighted by atomic mass is 79.9. The zero-order valence-corrected chi connectivity index (χ0v) is 11.9. The van der Waals surface area contributed by atoms with E-state index < -0.39 is 10.0 Å². The molecule has 0 radical (unpaired) electrons. The topological polar surface area (TPSA) is 59.1 Å². The molecule has 2 aromatic rings. The Bertz CT molecular complexity index is 688. The van der Waals surface area contributed by atoms with Crippen molar-refractivity contribution in [3.8, 4) is 0 Å². The third-order valence-corrected chi connectivity index (χ3v) is 4.73. The van der Waals surface area contributed by atoms with E-state index in [0.717, 1.165) is 4.47 Å². The van der Waals surface area contributed by atoms with E-state index in [-0.39, 0.29) is 9.92 Å². The highest BCUT2D eigenvalue weighted by molar-refractivity contribution is 9.10. The number of nitrogens with one attached hydrogen (secondary N) is 1. The van der Waals surface area contributed by atoms with Gasteiger partial charge < -0.3 is 0 Å². The lowest BCUT2D eigenvalue weighted by Gasteiger charge is -2.07. The molecule has 4 nitrogen and oxygen atoms in total. The predicted octanol–water partition coefficient (Wildman–Crippen LogP) is 2.56. The molecule has 0 aliphatic rings. The van der Waals surface area contributed by atoms with E-state index in [1.165, 1.54) is 13.2 Å². The standard InChI is InChI=1S/C10H8BrClN2O2S/c1-13-17(15,16)9-5-14-8-4-6(11)2-3-7(8)10(9)12/h2-5,13H,1H3. The number of nitrogens with zero attached hydrogens (tertiary/aromatic N) is 1. The van der Waals surface area contributed by atoms with Crippen LogP contribution in [-0.4, -0.2) is 20.4 Å². The predicted molar refractivity (Wildman–Crippen MR) is 70.7 cm³/mol. The smallest absolute Gasteiger partial charge is 0.243 e. The van der Waals surface area contributed by atoms with Gasteiger partial charge in [0.25, 0.3) is 0 Å². The highest BCUT2D eigenvalue weighted by Gasteiger charge is 2.18. The molecule has 90 valence electrons. The Hall–Kier alpha value is -0.690. The minimum absolute atomic E-state index is 0.0171. The van der Waals surface area contributed by atoms with E-state index in [1.54, 1.807) is 18.2 Å². The molecule has 2 rings (SSSR count). The van der Waals surface area contributed by atoms with Gasteiger partial charge in [-0.1, -0.05) is 33.6 Å². The molecule has 0 fully saturated rings. The fourth-order valence-corrected chi connectivity index (χ4v) is 3.03. The van der Waals surface area contributed by atoms with Gasteiger partial charge in [0.05, 0.1) is 10.5 Å². The SMILES string of the molecule is CNS(=O)(=O)c1cnc2cc(Br)ccc2c1Cl. The Kier molecular flexibility index (Phi) is 3.40. The Morgan fingerprint density at radius 3 is 2.76 bits per heavy atom. The molecule has 1 heterocycles. The number of sulfonamides is 1. The molecule has 0 saturated carbocycles. The zero-order valence-electron chi connectivity index (χ0n) is 8.74. The van der Waals surface area contributed by atoms with Gasteiger partial charge in [-0.25, -0.2) is 13.1 Å². The van der Waals surface area contributed by atoms with E-state index in [4.69, 9.17) is 11.6 Å². The Balaban J connectivity index is 2.79. The molecule has 7 heteroatoms. The van der Waals surface area contributed by atoms with Gasteiger partial charge in [-0.15, -0.1) is 0 Å². The first kappa shape index (κ1) is 12.8. The number of benzene rings is 1. The van der Waals surface area contributed by atoms with Crippen LogP contribution in [0.4, 0.5) is 0 Å². The van der Waals surface area contributed by atoms with Crippen molar-refractivity contribution in [2.75, 3.05) is 7.05 Å². The molecule has 1 N–H and O–H groups in total. The number of rotatable bonds is 2. The number of aromatic nitrogens is 1. The second-order valence-electron chi connectivity index (χ2n) is 3.31. The largest absolute Gasteiger partial charge is 0.255 e. The van der Waals surface area contributed by atoms with Crippen molar-refractivity contribution in [1.82, 2.24) is 9.71 Å². The van der Waals surface area contributed by atoms with Crippen LogP contribution in [0, 0.1) is 0 Å². The summed E-state index contributed by atoms with van der Waals surface area (Å²) in [6.45, 7) is 0. The van der Waals surface area contributed by atoms with Crippen LogP contribution in [0.2, 0.25) is 5.02 Å². The summed E-state index contributed by atoms with van der Waals surface area (Å²) in [4.78, 5) is 4.07. The highest BCUT2D eigenvalue weighted by Crippen LogP contribution is 2.30. The summed E-state index contributed by atoms with van der Waals surface area (Å²) in [7, 11) is -2.26. The summed E-state index contributed by atoms with van der Waals surface area (Å²) >= 11 is 9.40. The molecule has 0 amide bonds. The summed E-state index contributed by atoms with van der Waals surface area (Å²) in [5, 5.41) is 0.781. The molecule has 0 saturated heterocycles. The third kappa shape index (κ3) is 2.30. The van der Waals surface area contributed by atoms with Gasteiger partial charge in [0.2, 0.25) is 10.0 Å². The van der Waals surface area contributed by atoms with Gasteiger partial charge in [-0.3, -0.25) is 4.98 Å². The van der Waals surface area contributed by atoms with E-state index in [0.29, 0.717) is 10.9 Å². The van der Waals surface area contributed by atoms with Crippen LogP contribution in [0.5, 0.6) is 0 Å². The molecule has 1 aromatic heterocycles. The first-order chi connectivity index (χ1) is 7.95. The van der Waals surface area contributed by atoms with Gasteiger partial charge in [-0.05, 0) is 19.2 Å². The summed E-state index contributed by atoms with van der Waals surface area (Å²) in [5.74, 6) is 0. The maximum atomic E-state index is 11.7. The molecule has 0 spiro atoms. The van der Waals surface area contributed by atoms with Crippen LogP contribution < -0.4 is 4.72 Å². The average Bonchev–Trinajstić information content (AvgIpc) is 2.28. The number of fused-ring (bicyclic) bond motifs is 1. The van der Waals surface area contributed by atoms with E-state index in [2.05, 4.69) is 25.6 Å². The fraction of sp³-hybridized carbons (Fsp3) is 0.100. The molecule has 0 atom stereocenters. The number of hydrogen-bond acceptors (Lipinski definition) is 3. The van der Waals surface area contributed by atoms with Crippen LogP contribution in [0.3, 0.4) is 0 Å². The van der Waals surface area contributed by atoms with Crippen molar-refractivity contribution in [2.45, 2.75) is 4.90 Å². The average molecular weight is 336 g/mol. The molecule has 17 heavy (non-hydrogen) atoms. The lowest BCUT2D eigenvalue weighted by atomic mass is 10.2. The van der Waals surface area contributed by atoms with E-state index >= 15 is 0 Å². The fourth-order valence-electron chi connectivity index (χ4n) is 1.41. The minimum atomic E-state index is -3.59. The minimum Gasteiger partial charge on any atom is -0.255 e. The molecular weight excluding hydrogens is 328 g/mol. The molecular formula is C10H8BrClN2O2S. The normalized spacial score (nSPS) is 11.9. The third-order valence-electron chi connectivity index (χ3n) is 2.29. The van der Waals surface area contributed by atoms with Crippen molar-refractivity contribution >= 4 is 48.5 Å². The van der Waals surface area contributed by atoms with Gasteiger partial charge >= 0.3 is 0 Å². The second-order valence-corrected chi connectivity index (χ2v) is 6.45. The van der Waals surface area contributed by atoms with Crippen LogP contribution in [0.25, 0.3) is 10.9 Å². The van der Waals surface area contributed by atoms with Crippen molar-refractivity contribution in [1.29, 1.82) is 0 Å². The maximum Gasteiger partial charge on any atom is 0.243 e. The lowest BCUT2D eigenvalue weighted by Crippen LogP contribution is -2.19. The lowest BCUT2D eigenvalue weighted by molar-refractivity contribution is 0.588. The first-order valence-corrected chi connectivity index (χ1v) is 7.28. The quantitative estimate of drug-likeness (QED) is 0.917. The molecule has 0 unspecified atom stereocenters. The summed E-state index contributed by atoms with van der Waals surface area (Å²) in [6, 6.07) is 5.28. The molecule has 0 bridgehead atoms. The number of pyridine rings is 1. The molecule has 0 aliphatic heterocycles. The number of hydrogen-bond donors (Lipinski definition) is 1. The van der Waals surface area contributed by atoms with Crippen molar-refractivity contribution in [2.24, 2.45) is 0 Å². The van der Waals surface area contributed by atoms with Gasteiger partial charge in [0, 0.05) is 16.1 Å². The second kappa shape index (κ2) is 4.53. The Morgan fingerprint density at radius 1 is 1.41 bits per heavy atom. The summed E-state index contributed by atoms with van der Waals surface area (Å²) in [6.07, 6.45) is 1.25. The van der Waals surface area contributed by atoms with Crippen LogP contribution in [-0.2, 0) is 10.0 Å². The van der Waals surface area contributed by atoms with Crippen molar-refractivity contribution in [3.05, 3.63) is 33.9 Å². The van der Waals surface area contributed by atoms with Crippen LogP contribution >= 0.6 is 27.5 Å². The monoisotopic (exact) mass is 334 g/mol.